The van der Waals surface area contributed by atoms with Crippen molar-refractivity contribution in [2.24, 2.45) is 23.2 Å². The topological polar surface area (TPSA) is 49.4 Å². The van der Waals surface area contributed by atoms with Gasteiger partial charge in [-0.2, -0.15) is 0 Å². The van der Waals surface area contributed by atoms with Crippen LogP contribution < -0.4 is 10.2 Å². The minimum Gasteiger partial charge on any atom is -0.349 e. The lowest BCUT2D eigenvalue weighted by Gasteiger charge is -2.53. The highest BCUT2D eigenvalue weighted by atomic mass is 32.2. The fourth-order valence-electron chi connectivity index (χ4n) is 7.06. The molecule has 186 valence electrons. The zero-order valence-corrected chi connectivity index (χ0v) is 21.7. The molecule has 2 amide bonds. The Hall–Kier alpha value is -2.34. The highest BCUT2D eigenvalue weighted by molar-refractivity contribution is 8.00. The molecule has 2 aromatic rings. The molecule has 2 bridgehead atoms. The van der Waals surface area contributed by atoms with Crippen LogP contribution in [0.15, 0.2) is 47.4 Å². The van der Waals surface area contributed by atoms with Crippen LogP contribution in [0.4, 0.5) is 10.1 Å². The van der Waals surface area contributed by atoms with Gasteiger partial charge in [-0.15, -0.1) is 11.8 Å². The largest absolute Gasteiger partial charge is 0.349 e. The summed E-state index contributed by atoms with van der Waals surface area (Å²) in [6.45, 7) is 7.04. The van der Waals surface area contributed by atoms with Crippen molar-refractivity contribution in [1.29, 1.82) is 0 Å². The van der Waals surface area contributed by atoms with Crippen molar-refractivity contribution >= 4 is 29.3 Å². The summed E-state index contributed by atoms with van der Waals surface area (Å²) in [5, 5.41) is 3.34. The summed E-state index contributed by atoms with van der Waals surface area (Å²) in [6.07, 6.45) is 6.15. The fraction of sp³-hybridized carbons (Fsp3) is 0.517. The minimum atomic E-state index is -0.330. The van der Waals surface area contributed by atoms with Crippen molar-refractivity contribution < 1.29 is 14.0 Å². The molecular weight excluding hydrogens is 459 g/mol. The van der Waals surface area contributed by atoms with Crippen molar-refractivity contribution in [2.75, 3.05) is 10.7 Å². The maximum atomic E-state index is 14.3. The normalized spacial score (nSPS) is 28.9. The second-order valence-electron chi connectivity index (χ2n) is 11.3. The average molecular weight is 495 g/mol. The Morgan fingerprint density at radius 2 is 1.86 bits per heavy atom. The average Bonchev–Trinajstić information content (AvgIpc) is 2.80. The van der Waals surface area contributed by atoms with Crippen LogP contribution in [0.25, 0.3) is 0 Å². The number of anilines is 1. The lowest BCUT2D eigenvalue weighted by Crippen LogP contribution is -2.52. The molecular formula is C29H35FN2O2S. The Labute approximate surface area is 212 Å². The van der Waals surface area contributed by atoms with Crippen molar-refractivity contribution in [3.05, 3.63) is 59.4 Å². The maximum absolute atomic E-state index is 14.3. The number of nitrogens with one attached hydrogen (secondary N) is 1. The molecule has 6 heteroatoms. The van der Waals surface area contributed by atoms with Gasteiger partial charge in [-0.1, -0.05) is 32.0 Å². The first-order valence-electron chi connectivity index (χ1n) is 12.9. The third-order valence-corrected chi connectivity index (χ3v) is 9.44. The van der Waals surface area contributed by atoms with E-state index in [9.17, 15) is 14.0 Å². The van der Waals surface area contributed by atoms with Crippen LogP contribution >= 0.6 is 11.8 Å². The highest BCUT2D eigenvalue weighted by Crippen LogP contribution is 2.54. The van der Waals surface area contributed by atoms with Crippen LogP contribution in [0.2, 0.25) is 0 Å². The number of thioether (sulfide) groups is 1. The van der Waals surface area contributed by atoms with E-state index in [-0.39, 0.29) is 35.6 Å². The van der Waals surface area contributed by atoms with Gasteiger partial charge in [-0.3, -0.25) is 9.59 Å². The van der Waals surface area contributed by atoms with E-state index in [1.165, 1.54) is 49.9 Å². The Morgan fingerprint density at radius 3 is 2.57 bits per heavy atom. The van der Waals surface area contributed by atoms with Gasteiger partial charge in [-0.25, -0.2) is 4.39 Å². The first-order chi connectivity index (χ1) is 16.7. The van der Waals surface area contributed by atoms with Crippen LogP contribution in [-0.2, 0) is 11.3 Å². The van der Waals surface area contributed by atoms with E-state index in [2.05, 4.69) is 26.1 Å². The van der Waals surface area contributed by atoms with E-state index in [1.807, 2.05) is 12.1 Å². The molecule has 0 aromatic heterocycles. The lowest BCUT2D eigenvalue weighted by molar-refractivity contribution is -0.116. The minimum absolute atomic E-state index is 0.0750. The fourth-order valence-corrected chi connectivity index (χ4v) is 7.97. The molecule has 2 fully saturated rings. The zero-order valence-electron chi connectivity index (χ0n) is 20.9. The van der Waals surface area contributed by atoms with Crippen LogP contribution in [0.3, 0.4) is 0 Å². The number of nitrogens with zero attached hydrogens (tertiary/aromatic N) is 1. The number of fused-ring (bicyclic) bond motifs is 3. The number of hydrogen-bond acceptors (Lipinski definition) is 3. The molecule has 2 aliphatic carbocycles. The van der Waals surface area contributed by atoms with Gasteiger partial charge in [0.05, 0.1) is 18.0 Å². The van der Waals surface area contributed by atoms with Gasteiger partial charge < -0.3 is 10.2 Å². The Bertz CT molecular complexity index is 1120. The van der Waals surface area contributed by atoms with Crippen LogP contribution in [-0.4, -0.2) is 23.6 Å². The molecule has 3 unspecified atom stereocenters. The first kappa shape index (κ1) is 24.4. The Kier molecular flexibility index (Phi) is 6.69. The zero-order chi connectivity index (χ0) is 24.7. The predicted octanol–water partition coefficient (Wildman–Crippen LogP) is 6.44. The van der Waals surface area contributed by atoms with Crippen molar-refractivity contribution in [2.45, 2.75) is 70.4 Å². The highest BCUT2D eigenvalue weighted by Gasteiger charge is 2.47. The van der Waals surface area contributed by atoms with E-state index < -0.39 is 0 Å². The van der Waals surface area contributed by atoms with Gasteiger partial charge >= 0.3 is 0 Å². The van der Waals surface area contributed by atoms with Crippen LogP contribution in [0.1, 0.15) is 68.8 Å². The third-order valence-electron chi connectivity index (χ3n) is 8.39. The molecule has 2 saturated carbocycles. The van der Waals surface area contributed by atoms with E-state index >= 15 is 0 Å². The summed E-state index contributed by atoms with van der Waals surface area (Å²) in [5.74, 6) is 1.96. The Balaban J connectivity index is 1.37. The van der Waals surface area contributed by atoms with Gasteiger partial charge in [0.2, 0.25) is 5.91 Å². The van der Waals surface area contributed by atoms with Gasteiger partial charge in [0.1, 0.15) is 5.82 Å². The van der Waals surface area contributed by atoms with Gasteiger partial charge in [0.15, 0.2) is 0 Å². The van der Waals surface area contributed by atoms with Gasteiger partial charge in [0.25, 0.3) is 5.91 Å². The van der Waals surface area contributed by atoms with Gasteiger partial charge in [-0.05, 0) is 86.5 Å². The number of hydrogen-bond donors (Lipinski definition) is 1. The molecule has 0 saturated heterocycles. The Morgan fingerprint density at radius 1 is 1.14 bits per heavy atom. The first-order valence-corrected chi connectivity index (χ1v) is 13.8. The smallest absolute Gasteiger partial charge is 0.251 e. The molecule has 5 atom stereocenters. The second-order valence-corrected chi connectivity index (χ2v) is 12.3. The van der Waals surface area contributed by atoms with Crippen molar-refractivity contribution in [3.8, 4) is 0 Å². The molecule has 1 aliphatic heterocycles. The summed E-state index contributed by atoms with van der Waals surface area (Å²) in [6, 6.07) is 12.2. The number of benzene rings is 2. The van der Waals surface area contributed by atoms with Crippen molar-refractivity contribution in [3.63, 3.8) is 0 Å². The van der Waals surface area contributed by atoms with Crippen LogP contribution in [0, 0.1) is 29.0 Å². The molecule has 35 heavy (non-hydrogen) atoms. The molecule has 0 radical (unpaired) electrons. The predicted molar refractivity (Wildman–Crippen MR) is 139 cm³/mol. The standard InChI is InChI=1S/C29H35FN2O2S/c1-18-10-21-11-19(2)14-29(13-18,15-21)20(3)31-28(34)22-8-9-26-25(12-22)32(27(33)17-35-26)16-23-6-4-5-7-24(23)30/h4-9,12,18-21H,10-11,13-17H2,1-3H3,(H,31,34)/t18-,19+,20?,21?,29?. The van der Waals surface area contributed by atoms with E-state index in [0.29, 0.717) is 34.4 Å². The summed E-state index contributed by atoms with van der Waals surface area (Å²) in [5.41, 5.74) is 1.86. The number of carbonyl (C=O) groups excluding carboxylic acids is 2. The third kappa shape index (κ3) is 4.87. The summed E-state index contributed by atoms with van der Waals surface area (Å²) in [7, 11) is 0. The van der Waals surface area contributed by atoms with E-state index in [0.717, 1.165) is 10.8 Å². The molecule has 4 nitrogen and oxygen atoms in total. The number of amides is 2. The van der Waals surface area contributed by atoms with E-state index in [4.69, 9.17) is 0 Å². The summed E-state index contributed by atoms with van der Waals surface area (Å²) < 4.78 is 14.3. The number of rotatable bonds is 5. The van der Waals surface area contributed by atoms with Crippen molar-refractivity contribution in [1.82, 2.24) is 5.32 Å². The molecule has 5 rings (SSSR count). The van der Waals surface area contributed by atoms with Crippen LogP contribution in [0.5, 0.6) is 0 Å². The monoisotopic (exact) mass is 494 g/mol. The SMILES string of the molecule is CC(NC(=O)c1ccc2c(c1)N(Cc1ccccc1F)C(=O)CS2)C12CC(C[C@@H](C)C1)C[C@H](C)C2. The second kappa shape index (κ2) is 9.61. The lowest BCUT2D eigenvalue weighted by atomic mass is 9.54. The maximum Gasteiger partial charge on any atom is 0.251 e. The number of halogens is 1. The number of carbonyl (C=O) groups is 2. The quantitative estimate of drug-likeness (QED) is 0.521. The molecule has 3 aliphatic rings. The summed E-state index contributed by atoms with van der Waals surface area (Å²) in [4.78, 5) is 28.8. The molecule has 0 spiro atoms. The molecule has 2 aromatic carbocycles. The molecule has 1 heterocycles. The van der Waals surface area contributed by atoms with E-state index in [1.54, 1.807) is 29.2 Å². The summed E-state index contributed by atoms with van der Waals surface area (Å²) >= 11 is 1.47. The van der Waals surface area contributed by atoms with Gasteiger partial charge in [0, 0.05) is 22.1 Å². The molecule has 1 N–H and O–H groups in total.